The second-order valence-corrected chi connectivity index (χ2v) is 13.8. The normalized spacial score (nSPS) is 31.7. The molecule has 4 heterocycles. The Labute approximate surface area is 271 Å². The molecule has 7 unspecified atom stereocenters. The number of fused-ring (bicyclic) bond motifs is 1. The van der Waals surface area contributed by atoms with Gasteiger partial charge in [-0.3, -0.25) is 9.59 Å². The molecule has 0 N–H and O–H groups in total. The summed E-state index contributed by atoms with van der Waals surface area (Å²) in [4.78, 5) is 65.8. The fraction of sp³-hybridized carbons (Fsp3) is 0.559. The van der Waals surface area contributed by atoms with Crippen molar-refractivity contribution < 1.29 is 52.0 Å². The highest BCUT2D eigenvalue weighted by atomic mass is 16.6. The molecule has 1 spiro atoms. The Morgan fingerprint density at radius 1 is 0.894 bits per heavy atom. The fourth-order valence-corrected chi connectivity index (χ4v) is 7.99. The van der Waals surface area contributed by atoms with Crippen LogP contribution in [0.1, 0.15) is 68.2 Å². The molecule has 2 aliphatic heterocycles. The third-order valence-corrected chi connectivity index (χ3v) is 10.1. The topological polar surface area (TPSA) is 159 Å². The van der Waals surface area contributed by atoms with Crippen LogP contribution < -0.4 is 5.56 Å². The smallest absolute Gasteiger partial charge is 0.341 e. The molecule has 3 fully saturated rings. The van der Waals surface area contributed by atoms with Gasteiger partial charge in [0, 0.05) is 26.2 Å². The highest BCUT2D eigenvalue weighted by Crippen LogP contribution is 2.66. The number of carbonyl (C=O) groups is 4. The number of aromatic nitrogens is 1. The van der Waals surface area contributed by atoms with E-state index in [4.69, 9.17) is 32.8 Å². The Balaban J connectivity index is 1.52. The van der Waals surface area contributed by atoms with Crippen LogP contribution in [-0.4, -0.2) is 77.3 Å². The van der Waals surface area contributed by atoms with Gasteiger partial charge in [-0.05, 0) is 50.3 Å². The van der Waals surface area contributed by atoms with Gasteiger partial charge in [-0.25, -0.2) is 14.4 Å². The Hall–Kier alpha value is -4.23. The molecule has 2 bridgehead atoms. The van der Waals surface area contributed by atoms with Crippen molar-refractivity contribution in [3.05, 3.63) is 70.1 Å². The largest absolute Gasteiger partial charge is 0.472 e. The summed E-state index contributed by atoms with van der Waals surface area (Å²) in [6.07, 6.45) is 2.01. The van der Waals surface area contributed by atoms with Crippen molar-refractivity contribution >= 4 is 23.9 Å². The summed E-state index contributed by atoms with van der Waals surface area (Å²) in [5.41, 5.74) is -2.94. The van der Waals surface area contributed by atoms with Crippen molar-refractivity contribution in [1.82, 2.24) is 4.57 Å². The lowest BCUT2D eigenvalue weighted by Gasteiger charge is -2.60. The quantitative estimate of drug-likeness (QED) is 0.318. The predicted molar refractivity (Wildman–Crippen MR) is 161 cm³/mol. The lowest BCUT2D eigenvalue weighted by Crippen LogP contribution is -2.73. The second-order valence-electron chi connectivity index (χ2n) is 13.8. The molecule has 1 saturated heterocycles. The van der Waals surface area contributed by atoms with Gasteiger partial charge in [-0.1, -0.05) is 13.8 Å². The number of rotatable bonds is 7. The average Bonchev–Trinajstić information content (AvgIpc) is 3.75. The number of aryl methyl sites for hydroxylation is 1. The van der Waals surface area contributed by atoms with E-state index >= 15 is 0 Å². The molecule has 0 aromatic carbocycles. The molecular weight excluding hydrogens is 614 g/mol. The molecule has 252 valence electrons. The van der Waals surface area contributed by atoms with Gasteiger partial charge in [0.2, 0.25) is 5.56 Å². The van der Waals surface area contributed by atoms with Gasteiger partial charge < -0.3 is 37.4 Å². The van der Waals surface area contributed by atoms with E-state index in [2.05, 4.69) is 0 Å². The molecule has 0 amide bonds. The van der Waals surface area contributed by atoms with Crippen LogP contribution in [-0.2, 0) is 45.1 Å². The van der Waals surface area contributed by atoms with Gasteiger partial charge in [0.25, 0.3) is 0 Å². The molecule has 7 atom stereocenters. The first-order valence-corrected chi connectivity index (χ1v) is 15.6. The van der Waals surface area contributed by atoms with Crippen LogP contribution in [0.25, 0.3) is 0 Å². The maximum Gasteiger partial charge on any atom is 0.341 e. The van der Waals surface area contributed by atoms with E-state index < -0.39 is 76.7 Å². The lowest BCUT2D eigenvalue weighted by atomic mass is 9.50. The number of hydrogen-bond acceptors (Lipinski definition) is 12. The summed E-state index contributed by atoms with van der Waals surface area (Å²) in [6.45, 7) is 9.22. The van der Waals surface area contributed by atoms with Crippen molar-refractivity contribution in [2.24, 2.45) is 24.3 Å². The Morgan fingerprint density at radius 3 is 2.21 bits per heavy atom. The minimum absolute atomic E-state index is 0.0738. The second kappa shape index (κ2) is 11.8. The van der Waals surface area contributed by atoms with Crippen molar-refractivity contribution in [3.63, 3.8) is 0 Å². The van der Waals surface area contributed by atoms with E-state index in [-0.39, 0.29) is 29.9 Å². The Kier molecular flexibility index (Phi) is 8.20. The van der Waals surface area contributed by atoms with Crippen molar-refractivity contribution in [2.75, 3.05) is 13.2 Å². The molecule has 13 heteroatoms. The number of ether oxygens (including phenoxy) is 6. The SMILES string of the molecule is CC(=O)OC1C2C(OC(=O)c3ccc(=O)n(C)c3)C(OC(=O)c3ccoc3)C3C(OC(=O)C4=CCOC4)CCC(C)(C)C13OC2(C)C. The standard InChI is InChI=1S/C34H39NO12/c1-18(36)43-28-25-27(46-29(38)19-7-8-23(37)35(6)15-19)26(45-31(40)21-11-14-42-17-21)24-22(44-30(39)20-10-13-41-16-20)9-12-32(2,3)34(24,28)47-33(25,4)5/h7-8,10-11,14-15,17,22,24-28H,9,12-13,16H2,1-6H3. The summed E-state index contributed by atoms with van der Waals surface area (Å²) in [5, 5.41) is 0. The third-order valence-electron chi connectivity index (χ3n) is 10.1. The van der Waals surface area contributed by atoms with Gasteiger partial charge in [-0.15, -0.1) is 0 Å². The molecule has 4 aliphatic rings. The number of hydrogen-bond donors (Lipinski definition) is 0. The van der Waals surface area contributed by atoms with Gasteiger partial charge >= 0.3 is 23.9 Å². The minimum atomic E-state index is -1.35. The summed E-state index contributed by atoms with van der Waals surface area (Å²) in [6, 6.07) is 4.03. The van der Waals surface area contributed by atoms with Gasteiger partial charge in [0.15, 0.2) is 0 Å². The van der Waals surface area contributed by atoms with Gasteiger partial charge in [0.1, 0.15) is 36.3 Å². The van der Waals surface area contributed by atoms with E-state index in [9.17, 15) is 24.0 Å². The minimum Gasteiger partial charge on any atom is -0.472 e. The van der Waals surface area contributed by atoms with Crippen LogP contribution in [0, 0.1) is 17.3 Å². The zero-order chi connectivity index (χ0) is 33.9. The van der Waals surface area contributed by atoms with Gasteiger partial charge in [0.05, 0.1) is 53.6 Å². The molecule has 2 aromatic heterocycles. The first-order valence-electron chi connectivity index (χ1n) is 15.6. The molecule has 2 aromatic rings. The van der Waals surface area contributed by atoms with Crippen LogP contribution in [0.3, 0.4) is 0 Å². The van der Waals surface area contributed by atoms with Crippen LogP contribution in [0.4, 0.5) is 0 Å². The monoisotopic (exact) mass is 653 g/mol. The fourth-order valence-electron chi connectivity index (χ4n) is 7.99. The maximum absolute atomic E-state index is 13.8. The summed E-state index contributed by atoms with van der Waals surface area (Å²) < 4.78 is 43.6. The van der Waals surface area contributed by atoms with E-state index in [1.165, 1.54) is 55.5 Å². The van der Waals surface area contributed by atoms with E-state index in [0.717, 1.165) is 0 Å². The lowest BCUT2D eigenvalue weighted by molar-refractivity contribution is -0.277. The Bertz CT molecular complexity index is 1670. The molecule has 6 rings (SSSR count). The van der Waals surface area contributed by atoms with Crippen LogP contribution in [0.2, 0.25) is 0 Å². The van der Waals surface area contributed by atoms with Crippen molar-refractivity contribution in [3.8, 4) is 0 Å². The molecule has 0 radical (unpaired) electrons. The molecule has 2 saturated carbocycles. The summed E-state index contributed by atoms with van der Waals surface area (Å²) in [7, 11) is 1.50. The zero-order valence-electron chi connectivity index (χ0n) is 27.2. The molecule has 13 nitrogen and oxygen atoms in total. The van der Waals surface area contributed by atoms with Crippen LogP contribution >= 0.6 is 0 Å². The average molecular weight is 654 g/mol. The van der Waals surface area contributed by atoms with E-state index in [1.54, 1.807) is 19.9 Å². The van der Waals surface area contributed by atoms with E-state index in [0.29, 0.717) is 18.4 Å². The Morgan fingerprint density at radius 2 is 1.60 bits per heavy atom. The number of pyridine rings is 1. The van der Waals surface area contributed by atoms with Crippen molar-refractivity contribution in [1.29, 1.82) is 0 Å². The van der Waals surface area contributed by atoms with Crippen LogP contribution in [0.5, 0.6) is 0 Å². The molecule has 47 heavy (non-hydrogen) atoms. The molecular formula is C34H39NO12. The van der Waals surface area contributed by atoms with Crippen molar-refractivity contribution in [2.45, 2.75) is 83.1 Å². The van der Waals surface area contributed by atoms with Gasteiger partial charge in [-0.2, -0.15) is 0 Å². The first-order chi connectivity index (χ1) is 22.2. The first kappa shape index (κ1) is 32.7. The van der Waals surface area contributed by atoms with Crippen LogP contribution in [0.15, 0.2) is 57.8 Å². The summed E-state index contributed by atoms with van der Waals surface area (Å²) in [5.74, 6) is -4.53. The maximum atomic E-state index is 13.8. The highest BCUT2D eigenvalue weighted by molar-refractivity contribution is 5.90. The third kappa shape index (κ3) is 5.48. The zero-order valence-corrected chi connectivity index (χ0v) is 27.2. The number of nitrogens with zero attached hydrogens (tertiary/aromatic N) is 1. The number of carbonyl (C=O) groups excluding carboxylic acids is 4. The molecule has 2 aliphatic carbocycles. The summed E-state index contributed by atoms with van der Waals surface area (Å²) >= 11 is 0. The number of esters is 4. The number of furan rings is 1. The highest BCUT2D eigenvalue weighted by Gasteiger charge is 2.80. The van der Waals surface area contributed by atoms with E-state index in [1.807, 2.05) is 13.8 Å². The predicted octanol–water partition coefficient (Wildman–Crippen LogP) is 3.14.